The summed E-state index contributed by atoms with van der Waals surface area (Å²) in [7, 11) is 2.75. The van der Waals surface area contributed by atoms with E-state index in [0.717, 1.165) is 0 Å². The molecule has 1 heterocycles. The molecule has 1 aromatic rings. The lowest BCUT2D eigenvalue weighted by atomic mass is 10.0. The molecule has 0 bridgehead atoms. The highest BCUT2D eigenvalue weighted by Gasteiger charge is 2.29. The number of carboxylic acid groups (broad SMARTS) is 1. The number of rotatable bonds is 5. The summed E-state index contributed by atoms with van der Waals surface area (Å²) in [5, 5.41) is 18.6. The van der Waals surface area contributed by atoms with Crippen LogP contribution in [-0.4, -0.2) is 41.4 Å². The van der Waals surface area contributed by atoms with E-state index < -0.39 is 18.1 Å². The number of ether oxygens (including phenoxy) is 2. The minimum atomic E-state index is -1.47. The van der Waals surface area contributed by atoms with Crippen molar-refractivity contribution in [3.05, 3.63) is 18.0 Å². The van der Waals surface area contributed by atoms with E-state index >= 15 is 0 Å². The predicted molar refractivity (Wildman–Crippen MR) is 57.9 cm³/mol. The minimum Gasteiger partial charge on any atom is -0.495 e. The van der Waals surface area contributed by atoms with Crippen molar-refractivity contribution in [2.24, 2.45) is 5.73 Å². The van der Waals surface area contributed by atoms with Crippen LogP contribution in [-0.2, 0) is 4.79 Å². The maximum atomic E-state index is 10.7. The Morgan fingerprint density at radius 1 is 1.35 bits per heavy atom. The maximum Gasteiger partial charge on any atom is 0.323 e. The van der Waals surface area contributed by atoms with Gasteiger partial charge < -0.3 is 25.4 Å². The van der Waals surface area contributed by atoms with Crippen molar-refractivity contribution in [3.8, 4) is 11.5 Å². The monoisotopic (exact) mass is 242 g/mol. The number of aliphatic carboxylic acids is 1. The van der Waals surface area contributed by atoms with Gasteiger partial charge in [0.2, 0.25) is 0 Å². The van der Waals surface area contributed by atoms with E-state index in [-0.39, 0.29) is 17.1 Å². The van der Waals surface area contributed by atoms with Gasteiger partial charge in [0.15, 0.2) is 0 Å². The Morgan fingerprint density at radius 2 is 1.82 bits per heavy atom. The Bertz CT molecular complexity index is 387. The molecule has 0 aromatic carbocycles. The van der Waals surface area contributed by atoms with Crippen LogP contribution in [0.5, 0.6) is 11.5 Å². The van der Waals surface area contributed by atoms with Gasteiger partial charge in [-0.25, -0.2) is 0 Å². The summed E-state index contributed by atoms with van der Waals surface area (Å²) in [5.74, 6) is -0.888. The predicted octanol–water partition coefficient (Wildman–Crippen LogP) is -0.456. The van der Waals surface area contributed by atoms with E-state index in [4.69, 9.17) is 20.3 Å². The van der Waals surface area contributed by atoms with Gasteiger partial charge in [-0.05, 0) is 0 Å². The second-order valence-electron chi connectivity index (χ2n) is 3.27. The van der Waals surface area contributed by atoms with Crippen LogP contribution in [0.15, 0.2) is 12.4 Å². The van der Waals surface area contributed by atoms with Gasteiger partial charge in [0.1, 0.15) is 23.6 Å². The van der Waals surface area contributed by atoms with Gasteiger partial charge in [-0.15, -0.1) is 0 Å². The third-order valence-electron chi connectivity index (χ3n) is 2.28. The third kappa shape index (κ3) is 2.63. The summed E-state index contributed by atoms with van der Waals surface area (Å²) in [4.78, 5) is 14.6. The molecule has 4 N–H and O–H groups in total. The molecule has 94 valence electrons. The number of aromatic nitrogens is 1. The van der Waals surface area contributed by atoms with Crippen molar-refractivity contribution in [3.63, 3.8) is 0 Å². The highest BCUT2D eigenvalue weighted by Crippen LogP contribution is 2.34. The van der Waals surface area contributed by atoms with Crippen LogP contribution < -0.4 is 15.2 Å². The summed E-state index contributed by atoms with van der Waals surface area (Å²) in [6, 6.07) is -1.47. The SMILES string of the molecule is COc1cncc(OC)c1C(O)C(N)C(=O)O. The normalized spacial score (nSPS) is 13.9. The highest BCUT2D eigenvalue weighted by molar-refractivity contribution is 5.74. The Morgan fingerprint density at radius 3 is 2.18 bits per heavy atom. The largest absolute Gasteiger partial charge is 0.495 e. The molecule has 17 heavy (non-hydrogen) atoms. The molecule has 0 saturated carbocycles. The molecule has 0 aliphatic heterocycles. The number of aliphatic hydroxyl groups excluding tert-OH is 1. The van der Waals surface area contributed by atoms with Gasteiger partial charge in [-0.2, -0.15) is 0 Å². The molecule has 0 amide bonds. The summed E-state index contributed by atoms with van der Waals surface area (Å²) in [6.07, 6.45) is 1.24. The smallest absolute Gasteiger partial charge is 0.323 e. The molecule has 0 aliphatic carbocycles. The summed E-state index contributed by atoms with van der Waals surface area (Å²) in [5.41, 5.74) is 5.52. The molecule has 0 radical (unpaired) electrons. The maximum absolute atomic E-state index is 10.7. The van der Waals surface area contributed by atoms with Crippen molar-refractivity contribution in [1.29, 1.82) is 0 Å². The molecule has 0 aliphatic rings. The molecular weight excluding hydrogens is 228 g/mol. The van der Waals surface area contributed by atoms with E-state index in [1.807, 2.05) is 0 Å². The van der Waals surface area contributed by atoms with Crippen molar-refractivity contribution >= 4 is 5.97 Å². The number of pyridine rings is 1. The topological polar surface area (TPSA) is 115 Å². The average Bonchev–Trinajstić information content (AvgIpc) is 2.35. The lowest BCUT2D eigenvalue weighted by Gasteiger charge is -2.19. The molecule has 1 rings (SSSR count). The number of nitrogens with two attached hydrogens (primary N) is 1. The standard InChI is InChI=1S/C10H14N2O5/c1-16-5-3-12-4-6(17-2)7(5)9(13)8(11)10(14)15/h3-4,8-9,13H,11H2,1-2H3,(H,14,15). The number of methoxy groups -OCH3 is 2. The van der Waals surface area contributed by atoms with Gasteiger partial charge in [-0.1, -0.05) is 0 Å². The lowest BCUT2D eigenvalue weighted by molar-refractivity contribution is -0.141. The number of carbonyl (C=O) groups is 1. The fourth-order valence-electron chi connectivity index (χ4n) is 1.36. The Labute approximate surface area is 97.8 Å². The van der Waals surface area contributed by atoms with Gasteiger partial charge in [0.25, 0.3) is 0 Å². The molecule has 1 aromatic heterocycles. The first-order valence-corrected chi connectivity index (χ1v) is 4.75. The molecule has 0 fully saturated rings. The van der Waals surface area contributed by atoms with Crippen LogP contribution in [0, 0.1) is 0 Å². The van der Waals surface area contributed by atoms with E-state index in [1.54, 1.807) is 0 Å². The van der Waals surface area contributed by atoms with Gasteiger partial charge in [-0.3, -0.25) is 9.78 Å². The van der Waals surface area contributed by atoms with Crippen LogP contribution in [0.3, 0.4) is 0 Å². The number of nitrogens with zero attached hydrogens (tertiary/aromatic N) is 1. The Balaban J connectivity index is 3.22. The first-order chi connectivity index (χ1) is 8.02. The quantitative estimate of drug-likeness (QED) is 0.640. The molecule has 7 heteroatoms. The summed E-state index contributed by atoms with van der Waals surface area (Å²) >= 11 is 0. The van der Waals surface area contributed by atoms with Crippen LogP contribution in [0.4, 0.5) is 0 Å². The molecular formula is C10H14N2O5. The average molecular weight is 242 g/mol. The zero-order valence-corrected chi connectivity index (χ0v) is 9.45. The van der Waals surface area contributed by atoms with Crippen molar-refractivity contribution in [2.75, 3.05) is 14.2 Å². The highest BCUT2D eigenvalue weighted by atomic mass is 16.5. The summed E-state index contributed by atoms with van der Waals surface area (Å²) < 4.78 is 9.98. The number of hydrogen-bond donors (Lipinski definition) is 3. The van der Waals surface area contributed by atoms with Crippen molar-refractivity contribution in [1.82, 2.24) is 4.98 Å². The number of carboxylic acids is 1. The van der Waals surface area contributed by atoms with E-state index in [0.29, 0.717) is 0 Å². The second-order valence-corrected chi connectivity index (χ2v) is 3.27. The first kappa shape index (κ1) is 13.2. The Kier molecular flexibility index (Phi) is 4.24. The molecule has 0 saturated heterocycles. The molecule has 7 nitrogen and oxygen atoms in total. The third-order valence-corrected chi connectivity index (χ3v) is 2.28. The van der Waals surface area contributed by atoms with Crippen LogP contribution in [0.25, 0.3) is 0 Å². The summed E-state index contributed by atoms with van der Waals surface area (Å²) in [6.45, 7) is 0. The van der Waals surface area contributed by atoms with Crippen LogP contribution >= 0.6 is 0 Å². The zero-order chi connectivity index (χ0) is 13.0. The van der Waals surface area contributed by atoms with Gasteiger partial charge in [0.05, 0.1) is 32.2 Å². The zero-order valence-electron chi connectivity index (χ0n) is 9.45. The van der Waals surface area contributed by atoms with Gasteiger partial charge >= 0.3 is 5.97 Å². The van der Waals surface area contributed by atoms with E-state index in [1.165, 1.54) is 26.6 Å². The fraction of sp³-hybridized carbons (Fsp3) is 0.400. The second kappa shape index (κ2) is 5.46. The fourth-order valence-corrected chi connectivity index (χ4v) is 1.36. The minimum absolute atomic E-state index is 0.167. The van der Waals surface area contributed by atoms with E-state index in [2.05, 4.69) is 4.98 Å². The molecule has 2 unspecified atom stereocenters. The Hall–Kier alpha value is -1.86. The van der Waals surface area contributed by atoms with Crippen molar-refractivity contribution < 1.29 is 24.5 Å². The van der Waals surface area contributed by atoms with Gasteiger partial charge in [0, 0.05) is 0 Å². The van der Waals surface area contributed by atoms with Crippen LogP contribution in [0.1, 0.15) is 11.7 Å². The van der Waals surface area contributed by atoms with E-state index in [9.17, 15) is 9.90 Å². The lowest BCUT2D eigenvalue weighted by Crippen LogP contribution is -2.36. The molecule has 0 spiro atoms. The van der Waals surface area contributed by atoms with Crippen molar-refractivity contribution in [2.45, 2.75) is 12.1 Å². The molecule has 2 atom stereocenters. The first-order valence-electron chi connectivity index (χ1n) is 4.75. The number of aliphatic hydroxyl groups is 1. The number of hydrogen-bond acceptors (Lipinski definition) is 6. The van der Waals surface area contributed by atoms with Crippen LogP contribution in [0.2, 0.25) is 0 Å².